The first-order chi connectivity index (χ1) is 12.3. The lowest BCUT2D eigenvalue weighted by atomic mass is 10.1. The molecule has 9 heteroatoms. The molecule has 0 aromatic heterocycles. The molecule has 1 heterocycles. The highest BCUT2D eigenvalue weighted by Gasteiger charge is 2.24. The summed E-state index contributed by atoms with van der Waals surface area (Å²) in [5, 5.41) is 8.39. The molecular weight excluding hydrogens is 380 g/mol. The van der Waals surface area contributed by atoms with Gasteiger partial charge in [-0.2, -0.15) is 0 Å². The fraction of sp³-hybridized carbons (Fsp3) is 0.235. The first-order valence-corrected chi connectivity index (χ1v) is 9.70. The van der Waals surface area contributed by atoms with Crippen LogP contribution in [0.2, 0.25) is 5.02 Å². The van der Waals surface area contributed by atoms with E-state index in [2.05, 4.69) is 5.32 Å². The predicted molar refractivity (Wildman–Crippen MR) is 96.8 cm³/mol. The van der Waals surface area contributed by atoms with E-state index in [9.17, 15) is 13.2 Å². The van der Waals surface area contributed by atoms with Crippen LogP contribution in [-0.2, 0) is 26.0 Å². The molecule has 26 heavy (non-hydrogen) atoms. The lowest BCUT2D eigenvalue weighted by Gasteiger charge is -2.27. The number of amides is 1. The van der Waals surface area contributed by atoms with Crippen molar-refractivity contribution in [1.29, 1.82) is 0 Å². The van der Waals surface area contributed by atoms with Gasteiger partial charge in [0, 0.05) is 10.7 Å². The molecule has 1 saturated heterocycles. The number of hydrogen-bond donors (Lipinski definition) is 2. The summed E-state index contributed by atoms with van der Waals surface area (Å²) in [5.41, 5.74) is 0.964. The molecule has 2 aromatic rings. The molecule has 138 valence electrons. The van der Waals surface area contributed by atoms with E-state index in [1.165, 1.54) is 12.1 Å². The number of rotatable bonds is 6. The predicted octanol–water partition coefficient (Wildman–Crippen LogP) is 1.95. The molecule has 0 atom stereocenters. The highest BCUT2D eigenvalue weighted by molar-refractivity contribution is 7.89. The SMILES string of the molecule is NS(=O)(=O)c1cc(NC(=O)Cc2ccccc2Cl)ccc1OC1COC1. The topological polar surface area (TPSA) is 108 Å². The van der Waals surface area contributed by atoms with Crippen molar-refractivity contribution in [2.24, 2.45) is 5.14 Å². The van der Waals surface area contributed by atoms with Crippen LogP contribution >= 0.6 is 11.6 Å². The Morgan fingerprint density at radius 2 is 2.00 bits per heavy atom. The Bertz CT molecular complexity index is 929. The van der Waals surface area contributed by atoms with Gasteiger partial charge in [0.15, 0.2) is 0 Å². The van der Waals surface area contributed by atoms with Crippen LogP contribution in [0.25, 0.3) is 0 Å². The maximum atomic E-state index is 12.2. The number of anilines is 1. The maximum absolute atomic E-state index is 12.2. The van der Waals surface area contributed by atoms with E-state index < -0.39 is 10.0 Å². The smallest absolute Gasteiger partial charge is 0.241 e. The summed E-state index contributed by atoms with van der Waals surface area (Å²) in [6.45, 7) is 0.779. The minimum atomic E-state index is -4.03. The lowest BCUT2D eigenvalue weighted by molar-refractivity contribution is -0.115. The normalized spacial score (nSPS) is 14.5. The minimum absolute atomic E-state index is 0.0576. The number of carbonyl (C=O) groups excluding carboxylic acids is 1. The molecule has 1 amide bonds. The summed E-state index contributed by atoms with van der Waals surface area (Å²) >= 11 is 6.04. The van der Waals surface area contributed by atoms with E-state index >= 15 is 0 Å². The maximum Gasteiger partial charge on any atom is 0.241 e. The number of halogens is 1. The highest BCUT2D eigenvalue weighted by atomic mass is 35.5. The second-order valence-corrected chi connectivity index (χ2v) is 7.74. The average molecular weight is 397 g/mol. The first-order valence-electron chi connectivity index (χ1n) is 7.77. The molecule has 0 spiro atoms. The van der Waals surface area contributed by atoms with Gasteiger partial charge in [0.25, 0.3) is 0 Å². The van der Waals surface area contributed by atoms with Crippen LogP contribution < -0.4 is 15.2 Å². The zero-order valence-corrected chi connectivity index (χ0v) is 15.2. The van der Waals surface area contributed by atoms with Gasteiger partial charge in [-0.05, 0) is 29.8 Å². The van der Waals surface area contributed by atoms with Crippen LogP contribution in [0.3, 0.4) is 0 Å². The molecule has 1 fully saturated rings. The van der Waals surface area contributed by atoms with Gasteiger partial charge in [0.2, 0.25) is 15.9 Å². The second kappa shape index (κ2) is 7.63. The van der Waals surface area contributed by atoms with E-state index in [0.717, 1.165) is 0 Å². The molecule has 1 aliphatic rings. The Morgan fingerprint density at radius 1 is 1.27 bits per heavy atom. The molecule has 3 rings (SSSR count). The van der Waals surface area contributed by atoms with Gasteiger partial charge in [0.05, 0.1) is 19.6 Å². The number of nitrogens with one attached hydrogen (secondary N) is 1. The molecule has 0 saturated carbocycles. The minimum Gasteiger partial charge on any atom is -0.484 e. The summed E-state index contributed by atoms with van der Waals surface area (Å²) in [6, 6.07) is 11.3. The van der Waals surface area contributed by atoms with Gasteiger partial charge in [-0.3, -0.25) is 4.79 Å². The molecule has 1 aliphatic heterocycles. The molecule has 0 aliphatic carbocycles. The number of ether oxygens (including phenoxy) is 2. The summed E-state index contributed by atoms with van der Waals surface area (Å²) in [7, 11) is -4.03. The Labute approximate surface area is 156 Å². The second-order valence-electron chi connectivity index (χ2n) is 5.80. The Hall–Kier alpha value is -2.13. The third-order valence-electron chi connectivity index (χ3n) is 3.74. The van der Waals surface area contributed by atoms with Crippen molar-refractivity contribution >= 4 is 33.2 Å². The molecule has 0 unspecified atom stereocenters. The van der Waals surface area contributed by atoms with Gasteiger partial charge < -0.3 is 14.8 Å². The number of carbonyl (C=O) groups is 1. The Balaban J connectivity index is 1.77. The molecule has 2 aromatic carbocycles. The van der Waals surface area contributed by atoms with Gasteiger partial charge >= 0.3 is 0 Å². The van der Waals surface area contributed by atoms with Crippen molar-refractivity contribution < 1.29 is 22.7 Å². The summed E-state index contributed by atoms with van der Waals surface area (Å²) < 4.78 is 34.3. The number of benzene rings is 2. The van der Waals surface area contributed by atoms with Crippen molar-refractivity contribution in [3.63, 3.8) is 0 Å². The van der Waals surface area contributed by atoms with E-state index in [-0.39, 0.29) is 29.1 Å². The molecule has 0 radical (unpaired) electrons. The van der Waals surface area contributed by atoms with Crippen LogP contribution in [0.4, 0.5) is 5.69 Å². The number of primary sulfonamides is 1. The molecular formula is C17H17ClN2O5S. The van der Waals surface area contributed by atoms with Gasteiger partial charge in [-0.1, -0.05) is 29.8 Å². The van der Waals surface area contributed by atoms with Gasteiger partial charge in [0.1, 0.15) is 16.7 Å². The van der Waals surface area contributed by atoms with E-state index in [0.29, 0.717) is 29.5 Å². The van der Waals surface area contributed by atoms with Crippen LogP contribution in [-0.4, -0.2) is 33.6 Å². The third-order valence-corrected chi connectivity index (χ3v) is 5.04. The fourth-order valence-electron chi connectivity index (χ4n) is 2.39. The number of nitrogens with two attached hydrogens (primary N) is 1. The zero-order chi connectivity index (χ0) is 18.7. The first kappa shape index (κ1) is 18.7. The van der Waals surface area contributed by atoms with Crippen molar-refractivity contribution in [3.8, 4) is 5.75 Å². The molecule has 3 N–H and O–H groups in total. The Kier molecular flexibility index (Phi) is 5.47. The van der Waals surface area contributed by atoms with Crippen molar-refractivity contribution in [1.82, 2.24) is 0 Å². The summed E-state index contributed by atoms with van der Waals surface area (Å²) in [6.07, 6.45) is -0.154. The molecule has 0 bridgehead atoms. The zero-order valence-electron chi connectivity index (χ0n) is 13.6. The lowest BCUT2D eigenvalue weighted by Crippen LogP contribution is -2.39. The van der Waals surface area contributed by atoms with E-state index in [4.69, 9.17) is 26.2 Å². The van der Waals surface area contributed by atoms with Crippen LogP contribution in [0.15, 0.2) is 47.4 Å². The van der Waals surface area contributed by atoms with E-state index in [1.807, 2.05) is 0 Å². The monoisotopic (exact) mass is 396 g/mol. The average Bonchev–Trinajstić information content (AvgIpc) is 2.53. The quantitative estimate of drug-likeness (QED) is 0.775. The summed E-state index contributed by atoms with van der Waals surface area (Å²) in [4.78, 5) is 12.0. The Morgan fingerprint density at radius 3 is 2.62 bits per heavy atom. The largest absolute Gasteiger partial charge is 0.484 e. The number of sulfonamides is 1. The van der Waals surface area contributed by atoms with Gasteiger partial charge in [-0.25, -0.2) is 13.6 Å². The fourth-order valence-corrected chi connectivity index (χ4v) is 3.28. The van der Waals surface area contributed by atoms with Crippen molar-refractivity contribution in [2.75, 3.05) is 18.5 Å². The third kappa shape index (κ3) is 4.53. The van der Waals surface area contributed by atoms with Gasteiger partial charge in [-0.15, -0.1) is 0 Å². The summed E-state index contributed by atoms with van der Waals surface area (Å²) in [5.74, 6) is -0.204. The van der Waals surface area contributed by atoms with Crippen molar-refractivity contribution in [2.45, 2.75) is 17.4 Å². The van der Waals surface area contributed by atoms with Crippen LogP contribution in [0.5, 0.6) is 5.75 Å². The van der Waals surface area contributed by atoms with Crippen LogP contribution in [0.1, 0.15) is 5.56 Å². The molecule has 7 nitrogen and oxygen atoms in total. The van der Waals surface area contributed by atoms with E-state index in [1.54, 1.807) is 30.3 Å². The van der Waals surface area contributed by atoms with Crippen molar-refractivity contribution in [3.05, 3.63) is 53.1 Å². The highest BCUT2D eigenvalue weighted by Crippen LogP contribution is 2.28. The number of hydrogen-bond acceptors (Lipinski definition) is 5. The van der Waals surface area contributed by atoms with Crippen LogP contribution in [0, 0.1) is 0 Å². The standard InChI is InChI=1S/C17H17ClN2O5S/c18-14-4-2-1-3-11(14)7-17(21)20-12-5-6-15(25-13-9-24-10-13)16(8-12)26(19,22)23/h1-6,8,13H,7,9-10H2,(H,20,21)(H2,19,22,23).